The fourth-order valence-corrected chi connectivity index (χ4v) is 1.79. The van der Waals surface area contributed by atoms with Gasteiger partial charge in [-0.1, -0.05) is 0 Å². The van der Waals surface area contributed by atoms with Gasteiger partial charge in [-0.3, -0.25) is 9.78 Å². The molecule has 0 atom stereocenters. The molecule has 2 rings (SSSR count). The maximum atomic E-state index is 12.1. The van der Waals surface area contributed by atoms with Gasteiger partial charge in [-0.25, -0.2) is 4.68 Å². The molecule has 0 saturated carbocycles. The summed E-state index contributed by atoms with van der Waals surface area (Å²) < 4.78 is 1.82. The minimum absolute atomic E-state index is 0.159. The zero-order valence-electron chi connectivity index (χ0n) is 11.6. The molecule has 19 heavy (non-hydrogen) atoms. The van der Waals surface area contributed by atoms with E-state index in [0.29, 0.717) is 11.4 Å². The molecular formula is C14H18N4O. The second kappa shape index (κ2) is 4.84. The Morgan fingerprint density at radius 1 is 1.26 bits per heavy atom. The van der Waals surface area contributed by atoms with Gasteiger partial charge in [-0.2, -0.15) is 5.10 Å². The lowest BCUT2D eigenvalue weighted by Crippen LogP contribution is -2.26. The molecule has 5 heteroatoms. The third kappa shape index (κ3) is 2.99. The van der Waals surface area contributed by atoms with E-state index in [1.54, 1.807) is 24.5 Å². The van der Waals surface area contributed by atoms with Gasteiger partial charge in [0.25, 0.3) is 5.91 Å². The number of aromatic nitrogens is 3. The van der Waals surface area contributed by atoms with E-state index in [-0.39, 0.29) is 11.4 Å². The van der Waals surface area contributed by atoms with Gasteiger partial charge in [0.05, 0.1) is 11.2 Å². The number of aryl methyl sites for hydroxylation is 1. The van der Waals surface area contributed by atoms with E-state index >= 15 is 0 Å². The van der Waals surface area contributed by atoms with Gasteiger partial charge in [0.2, 0.25) is 0 Å². The van der Waals surface area contributed by atoms with Gasteiger partial charge in [0.1, 0.15) is 5.82 Å². The van der Waals surface area contributed by atoms with Crippen LogP contribution in [0, 0.1) is 6.92 Å². The van der Waals surface area contributed by atoms with E-state index in [9.17, 15) is 4.79 Å². The molecule has 0 aliphatic rings. The molecule has 0 saturated heterocycles. The summed E-state index contributed by atoms with van der Waals surface area (Å²) in [5.74, 6) is 0.541. The lowest BCUT2D eigenvalue weighted by atomic mass is 10.1. The number of nitrogens with zero attached hydrogens (tertiary/aromatic N) is 3. The highest BCUT2D eigenvalue weighted by Gasteiger charge is 2.20. The number of pyridine rings is 1. The first-order chi connectivity index (χ1) is 8.88. The molecular weight excluding hydrogens is 240 g/mol. The zero-order valence-corrected chi connectivity index (χ0v) is 11.6. The Morgan fingerprint density at radius 2 is 1.89 bits per heavy atom. The number of carbonyl (C=O) groups is 1. The third-order valence-electron chi connectivity index (χ3n) is 2.65. The van der Waals surface area contributed by atoms with Crippen molar-refractivity contribution >= 4 is 11.7 Å². The molecule has 1 amide bonds. The molecule has 1 N–H and O–H groups in total. The van der Waals surface area contributed by atoms with E-state index < -0.39 is 0 Å². The van der Waals surface area contributed by atoms with Crippen molar-refractivity contribution in [2.75, 3.05) is 5.32 Å². The van der Waals surface area contributed by atoms with Crippen molar-refractivity contribution in [2.45, 2.75) is 33.2 Å². The Labute approximate surface area is 112 Å². The third-order valence-corrected chi connectivity index (χ3v) is 2.65. The molecule has 2 aromatic heterocycles. The first-order valence-corrected chi connectivity index (χ1v) is 6.16. The van der Waals surface area contributed by atoms with Gasteiger partial charge in [0.15, 0.2) is 0 Å². The first-order valence-electron chi connectivity index (χ1n) is 6.16. The Balaban J connectivity index is 2.27. The van der Waals surface area contributed by atoms with Crippen LogP contribution < -0.4 is 5.32 Å². The summed E-state index contributed by atoms with van der Waals surface area (Å²) in [5, 5.41) is 7.31. The number of anilines is 1. The molecule has 0 unspecified atom stereocenters. The molecule has 2 aromatic rings. The summed E-state index contributed by atoms with van der Waals surface area (Å²) in [6, 6.07) is 5.23. The number of nitrogens with one attached hydrogen (secondary N) is 1. The van der Waals surface area contributed by atoms with Crippen molar-refractivity contribution < 1.29 is 4.79 Å². The largest absolute Gasteiger partial charge is 0.307 e. The normalized spacial score (nSPS) is 11.4. The van der Waals surface area contributed by atoms with Crippen LogP contribution in [0.3, 0.4) is 0 Å². The Kier molecular flexibility index (Phi) is 3.38. The van der Waals surface area contributed by atoms with Gasteiger partial charge in [0, 0.05) is 24.0 Å². The van der Waals surface area contributed by atoms with Crippen LogP contribution in [0.4, 0.5) is 5.82 Å². The summed E-state index contributed by atoms with van der Waals surface area (Å²) in [6.45, 7) is 8.04. The molecule has 0 aromatic carbocycles. The highest BCUT2D eigenvalue weighted by Crippen LogP contribution is 2.21. The summed E-state index contributed by atoms with van der Waals surface area (Å²) in [5.41, 5.74) is 1.27. The Hall–Kier alpha value is -2.17. The highest BCUT2D eigenvalue weighted by molar-refractivity contribution is 6.03. The number of carbonyl (C=O) groups excluding carboxylic acids is 1. The van der Waals surface area contributed by atoms with Gasteiger partial charge >= 0.3 is 0 Å². The molecule has 5 nitrogen and oxygen atoms in total. The minimum atomic E-state index is -0.185. The minimum Gasteiger partial charge on any atom is -0.307 e. The molecule has 2 heterocycles. The van der Waals surface area contributed by atoms with Crippen LogP contribution in [0.5, 0.6) is 0 Å². The van der Waals surface area contributed by atoms with Crippen LogP contribution in [-0.2, 0) is 5.54 Å². The maximum Gasteiger partial charge on any atom is 0.256 e. The van der Waals surface area contributed by atoms with Crippen LogP contribution in [0.15, 0.2) is 30.6 Å². The van der Waals surface area contributed by atoms with Gasteiger partial charge in [-0.15, -0.1) is 0 Å². The predicted octanol–water partition coefficient (Wildman–Crippen LogP) is 2.59. The summed E-state index contributed by atoms with van der Waals surface area (Å²) in [7, 11) is 0. The molecule has 0 fully saturated rings. The standard InChI is InChI=1S/C14H18N4O/c1-10-9-12(18(17-10)14(2,3)4)16-13(19)11-5-7-15-8-6-11/h5-9H,1-4H3,(H,16,19). The van der Waals surface area contributed by atoms with Crippen LogP contribution in [0.1, 0.15) is 36.8 Å². The number of rotatable bonds is 2. The van der Waals surface area contributed by atoms with Crippen LogP contribution in [-0.4, -0.2) is 20.7 Å². The average Bonchev–Trinajstić information content (AvgIpc) is 2.71. The van der Waals surface area contributed by atoms with E-state index in [4.69, 9.17) is 0 Å². The lowest BCUT2D eigenvalue weighted by molar-refractivity contribution is 0.102. The Bertz CT molecular complexity index is 581. The summed E-state index contributed by atoms with van der Waals surface area (Å²) >= 11 is 0. The first kappa shape index (κ1) is 13.3. The second-order valence-electron chi connectivity index (χ2n) is 5.44. The summed E-state index contributed by atoms with van der Waals surface area (Å²) in [4.78, 5) is 16.0. The van der Waals surface area contributed by atoms with E-state index in [1.165, 1.54) is 0 Å². The van der Waals surface area contributed by atoms with Crippen LogP contribution in [0.2, 0.25) is 0 Å². The number of hydrogen-bond donors (Lipinski definition) is 1. The predicted molar refractivity (Wildman–Crippen MR) is 74.2 cm³/mol. The highest BCUT2D eigenvalue weighted by atomic mass is 16.1. The molecule has 100 valence electrons. The van der Waals surface area contributed by atoms with Crippen molar-refractivity contribution in [1.29, 1.82) is 0 Å². The van der Waals surface area contributed by atoms with Gasteiger partial charge in [-0.05, 0) is 39.8 Å². The molecule has 0 radical (unpaired) electrons. The van der Waals surface area contributed by atoms with Crippen molar-refractivity contribution in [3.63, 3.8) is 0 Å². The van der Waals surface area contributed by atoms with Crippen LogP contribution >= 0.6 is 0 Å². The van der Waals surface area contributed by atoms with E-state index in [0.717, 1.165) is 5.69 Å². The van der Waals surface area contributed by atoms with Crippen molar-refractivity contribution in [2.24, 2.45) is 0 Å². The average molecular weight is 258 g/mol. The number of hydrogen-bond acceptors (Lipinski definition) is 3. The lowest BCUT2D eigenvalue weighted by Gasteiger charge is -2.22. The Morgan fingerprint density at radius 3 is 2.47 bits per heavy atom. The van der Waals surface area contributed by atoms with Gasteiger partial charge < -0.3 is 5.32 Å². The quantitative estimate of drug-likeness (QED) is 0.900. The molecule has 0 spiro atoms. The van der Waals surface area contributed by atoms with E-state index in [2.05, 4.69) is 15.4 Å². The maximum absolute atomic E-state index is 12.1. The monoisotopic (exact) mass is 258 g/mol. The topological polar surface area (TPSA) is 59.8 Å². The fourth-order valence-electron chi connectivity index (χ4n) is 1.79. The SMILES string of the molecule is Cc1cc(NC(=O)c2ccncc2)n(C(C)(C)C)n1. The van der Waals surface area contributed by atoms with E-state index in [1.807, 2.05) is 38.4 Å². The molecule has 0 bridgehead atoms. The second-order valence-corrected chi connectivity index (χ2v) is 5.44. The molecule has 0 aliphatic carbocycles. The zero-order chi connectivity index (χ0) is 14.0. The smallest absolute Gasteiger partial charge is 0.256 e. The van der Waals surface area contributed by atoms with Crippen molar-refractivity contribution in [1.82, 2.24) is 14.8 Å². The fraction of sp³-hybridized carbons (Fsp3) is 0.357. The van der Waals surface area contributed by atoms with Crippen LogP contribution in [0.25, 0.3) is 0 Å². The molecule has 0 aliphatic heterocycles. The number of amides is 1. The van der Waals surface area contributed by atoms with Crippen molar-refractivity contribution in [3.05, 3.63) is 41.9 Å². The summed E-state index contributed by atoms with van der Waals surface area (Å²) in [6.07, 6.45) is 3.20. The van der Waals surface area contributed by atoms with Crippen molar-refractivity contribution in [3.8, 4) is 0 Å².